The highest BCUT2D eigenvalue weighted by Crippen LogP contribution is 2.52. The summed E-state index contributed by atoms with van der Waals surface area (Å²) in [6.45, 7) is 6.94. The first kappa shape index (κ1) is 31.7. The van der Waals surface area contributed by atoms with Gasteiger partial charge in [0.05, 0.1) is 12.1 Å². The number of likely N-dealkylation sites (tertiary alicyclic amines) is 1. The van der Waals surface area contributed by atoms with E-state index in [9.17, 15) is 19.4 Å². The second-order valence-corrected chi connectivity index (χ2v) is 13.4. The van der Waals surface area contributed by atoms with Crippen molar-refractivity contribution >= 4 is 17.1 Å². The van der Waals surface area contributed by atoms with Crippen LogP contribution < -0.4 is 9.47 Å². The number of aliphatic carboxylic acids is 1. The third-order valence-electron chi connectivity index (χ3n) is 10.1. The van der Waals surface area contributed by atoms with Crippen LogP contribution in [0.4, 0.5) is 4.39 Å². The first-order valence-electron chi connectivity index (χ1n) is 16.0. The van der Waals surface area contributed by atoms with Crippen molar-refractivity contribution in [2.24, 2.45) is 16.7 Å². The highest BCUT2D eigenvalue weighted by atomic mass is 19.1. The minimum absolute atomic E-state index is 0.176. The lowest BCUT2D eigenvalue weighted by atomic mass is 9.59. The van der Waals surface area contributed by atoms with E-state index in [-0.39, 0.29) is 30.2 Å². The van der Waals surface area contributed by atoms with E-state index in [1.807, 2.05) is 49.4 Å². The second-order valence-electron chi connectivity index (χ2n) is 13.4. The molecule has 0 aromatic heterocycles. The number of phenols is 2. The normalized spacial score (nSPS) is 25.2. The summed E-state index contributed by atoms with van der Waals surface area (Å²) in [7, 11) is 0. The predicted molar refractivity (Wildman–Crippen MR) is 176 cm³/mol. The zero-order valence-electron chi connectivity index (χ0n) is 26.4. The fourth-order valence-corrected chi connectivity index (χ4v) is 6.95. The number of nitrogens with zero attached hydrogens (tertiary/aromatic N) is 1. The monoisotopic (exact) mass is 627 g/mol. The van der Waals surface area contributed by atoms with E-state index in [0.29, 0.717) is 17.8 Å². The zero-order valence-corrected chi connectivity index (χ0v) is 26.4. The molecule has 8 heteroatoms. The molecule has 46 heavy (non-hydrogen) atoms. The van der Waals surface area contributed by atoms with Crippen LogP contribution in [-0.2, 0) is 4.79 Å². The molecule has 242 valence electrons. The SMILES string of the molecule is CC12C=CC(C(=O)O)(CC1)CC2.CC1=C(c2cccc(O)c2)[C@H](c2ccc(OCCN3CC(CF)C3)cc2)Oc2ccc(O)cc21. The van der Waals surface area contributed by atoms with Gasteiger partial charge in [0, 0.05) is 36.7 Å². The minimum Gasteiger partial charge on any atom is -0.508 e. The highest BCUT2D eigenvalue weighted by molar-refractivity contribution is 5.95. The average molecular weight is 628 g/mol. The number of carbonyl (C=O) groups is 1. The van der Waals surface area contributed by atoms with Crippen LogP contribution in [0.5, 0.6) is 23.0 Å². The number of fused-ring (bicyclic) bond motifs is 3. The number of alkyl halides is 1. The van der Waals surface area contributed by atoms with Crippen molar-refractivity contribution in [3.63, 3.8) is 0 Å². The molecule has 0 amide bonds. The van der Waals surface area contributed by atoms with Crippen molar-refractivity contribution in [1.29, 1.82) is 0 Å². The van der Waals surface area contributed by atoms with Gasteiger partial charge in [0.1, 0.15) is 35.7 Å². The fourth-order valence-electron chi connectivity index (χ4n) is 6.95. The summed E-state index contributed by atoms with van der Waals surface area (Å²) in [5.74, 6) is 1.37. The number of halogens is 1. The lowest BCUT2D eigenvalue weighted by molar-refractivity contribution is -0.149. The summed E-state index contributed by atoms with van der Waals surface area (Å²) in [6, 6.07) is 20.1. The van der Waals surface area contributed by atoms with Crippen LogP contribution in [0.25, 0.3) is 11.1 Å². The van der Waals surface area contributed by atoms with Crippen molar-refractivity contribution in [1.82, 2.24) is 4.90 Å². The number of benzene rings is 3. The summed E-state index contributed by atoms with van der Waals surface area (Å²) in [5, 5.41) is 29.2. The molecule has 7 nitrogen and oxygen atoms in total. The van der Waals surface area contributed by atoms with Crippen LogP contribution >= 0.6 is 0 Å². The lowest BCUT2D eigenvalue weighted by Crippen LogP contribution is -2.49. The third kappa shape index (κ3) is 6.49. The van der Waals surface area contributed by atoms with Crippen LogP contribution in [0.1, 0.15) is 62.3 Å². The molecule has 8 rings (SSSR count). The topological polar surface area (TPSA) is 99.5 Å². The maximum Gasteiger partial charge on any atom is 0.313 e. The molecule has 2 fully saturated rings. The number of ether oxygens (including phenoxy) is 2. The van der Waals surface area contributed by atoms with Crippen LogP contribution in [-0.4, -0.2) is 59.1 Å². The molecule has 0 radical (unpaired) electrons. The second kappa shape index (κ2) is 12.8. The Kier molecular flexibility index (Phi) is 8.84. The Hall–Kier alpha value is -4.30. The molecule has 1 saturated heterocycles. The van der Waals surface area contributed by atoms with Crippen molar-refractivity contribution in [3.8, 4) is 23.0 Å². The van der Waals surface area contributed by atoms with Gasteiger partial charge in [-0.25, -0.2) is 0 Å². The van der Waals surface area contributed by atoms with Crippen LogP contribution in [0.15, 0.2) is 78.9 Å². The van der Waals surface area contributed by atoms with Gasteiger partial charge >= 0.3 is 5.97 Å². The molecule has 1 atom stereocenters. The standard InChI is InChI=1S/C28H28FNO4.C10H14O2/c1-18-25-14-23(32)7-10-26(25)34-28(27(18)21-3-2-4-22(31)13-21)20-5-8-24(9-6-20)33-12-11-30-16-19(15-29)17-30;1-9-2-5-10(6-3-9,7-4-9)8(11)12/h2-10,13-14,19,28,31-32H,11-12,15-17H2,1H3;2,5H,3-4,6-7H2,1H3,(H,11,12)/t28-;/m0./s1. The number of hydrogen-bond acceptors (Lipinski definition) is 6. The first-order chi connectivity index (χ1) is 22.1. The van der Waals surface area contributed by atoms with Crippen LogP contribution in [0.2, 0.25) is 0 Å². The van der Waals surface area contributed by atoms with Gasteiger partial charge in [0.15, 0.2) is 0 Å². The largest absolute Gasteiger partial charge is 0.508 e. The molecule has 2 aliphatic heterocycles. The molecule has 1 saturated carbocycles. The fraction of sp³-hybridized carbons (Fsp3) is 0.395. The van der Waals surface area contributed by atoms with Crippen molar-refractivity contribution in [3.05, 3.63) is 95.6 Å². The Morgan fingerprint density at radius 3 is 2.33 bits per heavy atom. The Morgan fingerprint density at radius 1 is 0.978 bits per heavy atom. The molecule has 3 aliphatic carbocycles. The lowest BCUT2D eigenvalue weighted by Gasteiger charge is -2.44. The Balaban J connectivity index is 0.000000259. The molecule has 2 heterocycles. The summed E-state index contributed by atoms with van der Waals surface area (Å²) < 4.78 is 24.9. The zero-order chi connectivity index (χ0) is 32.5. The average Bonchev–Trinajstić information content (AvgIpc) is 3.03. The number of carboxylic acids is 1. The van der Waals surface area contributed by atoms with Crippen LogP contribution in [0, 0.1) is 16.7 Å². The number of phenolic OH excluding ortho intramolecular Hbond substituents is 2. The molecule has 0 spiro atoms. The molecule has 3 aromatic carbocycles. The highest BCUT2D eigenvalue weighted by Gasteiger charge is 2.46. The Bertz CT molecular complexity index is 1630. The van der Waals surface area contributed by atoms with E-state index in [1.165, 1.54) is 0 Å². The molecule has 3 N–H and O–H groups in total. The third-order valence-corrected chi connectivity index (χ3v) is 10.1. The van der Waals surface area contributed by atoms with Gasteiger partial charge in [0.25, 0.3) is 0 Å². The number of hydrogen-bond donors (Lipinski definition) is 3. The molecular formula is C38H42FNO6. The summed E-state index contributed by atoms with van der Waals surface area (Å²) in [4.78, 5) is 13.2. The Labute approximate surface area is 269 Å². The van der Waals surface area contributed by atoms with E-state index < -0.39 is 11.4 Å². The van der Waals surface area contributed by atoms with Crippen LogP contribution in [0.3, 0.4) is 0 Å². The Morgan fingerprint density at radius 2 is 1.70 bits per heavy atom. The molecule has 3 aromatic rings. The van der Waals surface area contributed by atoms with E-state index in [4.69, 9.17) is 14.6 Å². The predicted octanol–water partition coefficient (Wildman–Crippen LogP) is 7.65. The molecule has 0 unspecified atom stereocenters. The van der Waals surface area contributed by atoms with E-state index >= 15 is 0 Å². The molecule has 5 aliphatic rings. The minimum atomic E-state index is -0.638. The maximum atomic E-state index is 12.6. The van der Waals surface area contributed by atoms with E-state index in [2.05, 4.69) is 17.9 Å². The van der Waals surface area contributed by atoms with Gasteiger partial charge in [-0.1, -0.05) is 43.3 Å². The smallest absolute Gasteiger partial charge is 0.313 e. The molecular weight excluding hydrogens is 585 g/mol. The summed E-state index contributed by atoms with van der Waals surface area (Å²) >= 11 is 0. The summed E-state index contributed by atoms with van der Waals surface area (Å²) in [6.07, 6.45) is 7.37. The van der Waals surface area contributed by atoms with Gasteiger partial charge in [0.2, 0.25) is 0 Å². The van der Waals surface area contributed by atoms with Crippen molar-refractivity contribution in [2.75, 3.05) is 32.9 Å². The van der Waals surface area contributed by atoms with Gasteiger partial charge in [-0.05, 0) is 97.2 Å². The van der Waals surface area contributed by atoms with E-state index in [1.54, 1.807) is 30.3 Å². The number of carboxylic acid groups (broad SMARTS) is 1. The van der Waals surface area contributed by atoms with Crippen molar-refractivity contribution in [2.45, 2.75) is 45.6 Å². The quantitative estimate of drug-likeness (QED) is 0.221. The van der Waals surface area contributed by atoms with Gasteiger partial charge in [-0.3, -0.25) is 14.1 Å². The summed E-state index contributed by atoms with van der Waals surface area (Å²) in [5.41, 5.74) is 4.36. The number of allylic oxidation sites excluding steroid dienone is 2. The number of rotatable bonds is 8. The first-order valence-corrected chi connectivity index (χ1v) is 16.0. The van der Waals surface area contributed by atoms with Gasteiger partial charge < -0.3 is 24.8 Å². The van der Waals surface area contributed by atoms with E-state index in [0.717, 1.165) is 78.9 Å². The van der Waals surface area contributed by atoms with Gasteiger partial charge in [-0.15, -0.1) is 0 Å². The number of aromatic hydroxyl groups is 2. The van der Waals surface area contributed by atoms with Crippen molar-refractivity contribution < 1.29 is 34.0 Å². The molecule has 2 bridgehead atoms. The maximum absolute atomic E-state index is 12.6. The van der Waals surface area contributed by atoms with Gasteiger partial charge in [-0.2, -0.15) is 0 Å².